The minimum Gasteiger partial charge on any atom is -0.452 e. The highest BCUT2D eigenvalue weighted by Gasteiger charge is 2.61. The lowest BCUT2D eigenvalue weighted by molar-refractivity contribution is -0.275. The maximum absolute atomic E-state index is 15.8. The van der Waals surface area contributed by atoms with Crippen molar-refractivity contribution in [3.8, 4) is 0 Å². The first-order chi connectivity index (χ1) is 74.1. The Morgan fingerprint density at radius 3 is 0.640 bits per heavy atom. The van der Waals surface area contributed by atoms with Gasteiger partial charge in [0, 0.05) is 7.11 Å². The van der Waals surface area contributed by atoms with Crippen LogP contribution in [0.2, 0.25) is 0 Å². The van der Waals surface area contributed by atoms with E-state index in [0.29, 0.717) is 0 Å². The molecule has 6 aliphatic rings. The number of ether oxygens (including phenoxy) is 25. The summed E-state index contributed by atoms with van der Waals surface area (Å²) in [7, 11) is 1.37. The van der Waals surface area contributed by atoms with E-state index in [1.54, 1.807) is 91.0 Å². The molecule has 0 spiro atoms. The maximum atomic E-state index is 15.8. The third kappa shape index (κ3) is 29.2. The minimum absolute atomic E-state index is 0.0116. The van der Waals surface area contributed by atoms with Crippen LogP contribution in [0.1, 0.15) is 86.7 Å². The largest absolute Gasteiger partial charge is 0.452 e. The Morgan fingerprint density at radius 1 is 0.180 bits per heavy atom. The van der Waals surface area contributed by atoms with E-state index in [4.69, 9.17) is 118 Å². The van der Waals surface area contributed by atoms with Crippen LogP contribution in [0, 0.1) is 0 Å². The van der Waals surface area contributed by atoms with Gasteiger partial charge in [0.25, 0.3) is 0 Å². The predicted molar refractivity (Wildman–Crippen MR) is 547 cm³/mol. The molecule has 13 aromatic carbocycles. The van der Waals surface area contributed by atoms with Crippen molar-refractivity contribution in [2.75, 3.05) is 46.8 Å². The zero-order valence-electron chi connectivity index (χ0n) is 83.1. The lowest BCUT2D eigenvalue weighted by atomic mass is 10.1. The van der Waals surface area contributed by atoms with Crippen LogP contribution in [-0.2, 0) is 184 Å². The second kappa shape index (κ2) is 54.9. The molecule has 6 saturated heterocycles. The van der Waals surface area contributed by atoms with Crippen molar-refractivity contribution in [1.29, 1.82) is 0 Å². The molecule has 19 rings (SSSR count). The molecule has 0 N–H and O–H groups in total. The number of carbonyl (C=O) groups excluding carboxylic acids is 3. The topological polar surface area (TPSA) is 282 Å². The normalized spacial score (nSPS) is 26.4. The van der Waals surface area contributed by atoms with Crippen LogP contribution in [0.4, 0.5) is 0 Å². The lowest BCUT2D eigenvalue weighted by Gasteiger charge is -2.33. The summed E-state index contributed by atoms with van der Waals surface area (Å²) in [4.78, 5) is 44.9. The molecule has 0 aromatic heterocycles. The SMILES string of the molecule is CO[C@H]1O[C@H](CO[C@H]2O[C@H](CO[C@H]3O[C@H](COCc4ccccc4)[C@@H](OCc4ccccc4)[C@@H]3O[C@@H]3O[C@H](COCc4ccccc4)[C@@H](OCc4ccccc4)[C@@H]3OCc3ccccc3)[C@@H](O[C@H]3O[C@H](COCc4ccccc4)[C@@H](OCc4ccccc4)[C@@H]3O[C@@H]3O[C@H](COCc4ccccc4)[C@@H](OCc4ccccc4)[C@@H]3OCc3ccccc3)[C@@H]2OC(=O)c2ccccc2)[C@@H](OC(=O)c2ccccc2)[C@@H]1OC(=O)c1ccccc1. The molecular formula is C122H124O28. The van der Waals surface area contributed by atoms with Crippen LogP contribution in [-0.4, -0.2) is 212 Å². The van der Waals surface area contributed by atoms with Crippen LogP contribution in [0.3, 0.4) is 0 Å². The van der Waals surface area contributed by atoms with E-state index in [-0.39, 0.29) is 109 Å². The number of carbonyl (C=O) groups is 3. The Labute approximate surface area is 872 Å². The van der Waals surface area contributed by atoms with Gasteiger partial charge in [-0.25, -0.2) is 14.4 Å². The summed E-state index contributed by atoms with van der Waals surface area (Å²) in [6.45, 7) is 0.123. The van der Waals surface area contributed by atoms with Gasteiger partial charge in [-0.05, 0) is 92.0 Å². The molecule has 28 heteroatoms. The summed E-state index contributed by atoms with van der Waals surface area (Å²) in [5, 5.41) is 0. The van der Waals surface area contributed by atoms with Gasteiger partial charge in [0.1, 0.15) is 91.6 Å². The van der Waals surface area contributed by atoms with Crippen LogP contribution < -0.4 is 0 Å². The fraction of sp³-hybridized carbons (Fsp3) is 0.336. The van der Waals surface area contributed by atoms with Crippen LogP contribution >= 0.6 is 0 Å². The minimum atomic E-state index is -1.72. The molecule has 6 heterocycles. The van der Waals surface area contributed by atoms with Crippen LogP contribution in [0.25, 0.3) is 0 Å². The third-order valence-corrected chi connectivity index (χ3v) is 26.6. The first kappa shape index (κ1) is 106. The first-order valence-corrected chi connectivity index (χ1v) is 50.9. The number of benzene rings is 13. The molecule has 28 nitrogen and oxygen atoms in total. The van der Waals surface area contributed by atoms with E-state index >= 15 is 4.79 Å². The fourth-order valence-electron chi connectivity index (χ4n) is 19.0. The highest BCUT2D eigenvalue weighted by atomic mass is 16.8. The lowest BCUT2D eigenvalue weighted by Crippen LogP contribution is -2.49. The molecule has 150 heavy (non-hydrogen) atoms. The number of hydrogen-bond acceptors (Lipinski definition) is 28. The van der Waals surface area contributed by atoms with Crippen molar-refractivity contribution in [2.45, 2.75) is 214 Å². The van der Waals surface area contributed by atoms with E-state index in [9.17, 15) is 9.59 Å². The number of methoxy groups -OCH3 is 1. The Balaban J connectivity index is 0.731. The van der Waals surface area contributed by atoms with Gasteiger partial charge in [-0.3, -0.25) is 0 Å². The fourth-order valence-corrected chi connectivity index (χ4v) is 19.0. The van der Waals surface area contributed by atoms with Crippen molar-refractivity contribution >= 4 is 17.9 Å². The Morgan fingerprint density at radius 2 is 0.367 bits per heavy atom. The standard InChI is InChI=1S/C122H124O28/c1-126-117-112(146-115(124)94-63-37-13-38-64-94)106(145-114(123)93-61-35-12-36-62-93)100(139-117)81-138-119-113(147-116(125)95-65-39-14-40-66-95)107(148-122-111(105(134-74-90-55-29-9-30-56-90)99(144-122)80-130-70-86-47-21-5-22-48-86)150-121-109(136-76-92-59-33-11-34-60-92)103(132-72-88-51-25-7-26-52-88)97(143-121)78-128-68-84-43-17-3-18-44-84)101(141-119)82-137-118-110(104(133-73-89-53-27-8-28-54-89)98(140-118)79-129-69-85-45-19-4-20-46-85)149-120-108(135-75-91-57-31-10-32-58-91)102(131-71-87-49-23-6-24-50-87)96(142-120)77-127-67-83-41-15-2-16-42-83/h2-66,96-113,117-122H,67-82H2,1H3/t96-,97-,98-,99-,100-,101-,102-,103-,104-,105-,106-,107-,108+,109+,110+,111+,112+,113+,117+,118+,119+,120+,121+,122-/m1/s1. The number of esters is 3. The highest BCUT2D eigenvalue weighted by molar-refractivity contribution is 5.91. The Kier molecular flexibility index (Phi) is 38.7. The zero-order chi connectivity index (χ0) is 102. The van der Waals surface area contributed by atoms with Gasteiger partial charge < -0.3 is 118 Å². The molecule has 0 aliphatic carbocycles. The van der Waals surface area contributed by atoms with Gasteiger partial charge in [0.2, 0.25) is 0 Å². The average Bonchev–Trinajstić information content (AvgIpc) is 1.62. The number of hydrogen-bond donors (Lipinski definition) is 0. The molecule has 0 radical (unpaired) electrons. The maximum Gasteiger partial charge on any atom is 0.338 e. The van der Waals surface area contributed by atoms with E-state index in [1.165, 1.54) is 7.11 Å². The quantitative estimate of drug-likeness (QED) is 0.0253. The smallest absolute Gasteiger partial charge is 0.338 e. The molecule has 24 atom stereocenters. The van der Waals surface area contributed by atoms with Gasteiger partial charge in [-0.15, -0.1) is 0 Å². The summed E-state index contributed by atoms with van der Waals surface area (Å²) in [5.41, 5.74) is 9.26. The summed E-state index contributed by atoms with van der Waals surface area (Å²) in [6.07, 6.45) is -30.1. The Bertz CT molecular complexity index is 6130. The van der Waals surface area contributed by atoms with E-state index < -0.39 is 179 Å². The van der Waals surface area contributed by atoms with Gasteiger partial charge in [-0.1, -0.05) is 358 Å². The second-order valence-electron chi connectivity index (χ2n) is 37.2. The summed E-state index contributed by atoms with van der Waals surface area (Å²) in [5.74, 6) is -2.41. The van der Waals surface area contributed by atoms with Gasteiger partial charge >= 0.3 is 17.9 Å². The van der Waals surface area contributed by atoms with Gasteiger partial charge in [0.05, 0.1) is 122 Å². The van der Waals surface area contributed by atoms with Gasteiger partial charge in [0.15, 0.2) is 56.1 Å². The summed E-state index contributed by atoms with van der Waals surface area (Å²) >= 11 is 0. The summed E-state index contributed by atoms with van der Waals surface area (Å²) in [6, 6.07) is 123. The van der Waals surface area contributed by atoms with Crippen molar-refractivity contribution < 1.29 is 133 Å². The van der Waals surface area contributed by atoms with Crippen LogP contribution in [0.5, 0.6) is 0 Å². The highest BCUT2D eigenvalue weighted by Crippen LogP contribution is 2.43. The van der Waals surface area contributed by atoms with E-state index in [2.05, 4.69) is 0 Å². The molecule has 0 unspecified atom stereocenters. The number of rotatable bonds is 53. The summed E-state index contributed by atoms with van der Waals surface area (Å²) < 4.78 is 177. The molecule has 780 valence electrons. The van der Waals surface area contributed by atoms with Crippen molar-refractivity contribution in [2.24, 2.45) is 0 Å². The Hall–Kier alpha value is -12.6. The molecule has 0 amide bonds. The molecular weight excluding hydrogens is 1910 g/mol. The predicted octanol–water partition coefficient (Wildman–Crippen LogP) is 18.2. The molecule has 0 saturated carbocycles. The van der Waals surface area contributed by atoms with Crippen LogP contribution in [0.15, 0.2) is 394 Å². The monoisotopic (exact) mass is 2040 g/mol. The van der Waals surface area contributed by atoms with Crippen molar-refractivity contribution in [3.05, 3.63) is 467 Å². The molecule has 13 aromatic rings. The van der Waals surface area contributed by atoms with Gasteiger partial charge in [-0.2, -0.15) is 0 Å². The van der Waals surface area contributed by atoms with Crippen molar-refractivity contribution in [3.63, 3.8) is 0 Å². The molecule has 6 aliphatic heterocycles. The average molecular weight is 2040 g/mol. The van der Waals surface area contributed by atoms with E-state index in [0.717, 1.165) is 55.6 Å². The molecule has 0 bridgehead atoms. The third-order valence-electron chi connectivity index (χ3n) is 26.6. The van der Waals surface area contributed by atoms with E-state index in [1.807, 2.05) is 303 Å². The van der Waals surface area contributed by atoms with Crippen molar-refractivity contribution in [1.82, 2.24) is 0 Å². The zero-order valence-corrected chi connectivity index (χ0v) is 83.1. The first-order valence-electron chi connectivity index (χ1n) is 50.9. The molecule has 6 fully saturated rings. The second-order valence-corrected chi connectivity index (χ2v) is 37.2.